The molecule has 1 aliphatic rings. The number of carbonyl (C=O) groups excluding carboxylic acids is 3. The van der Waals surface area contributed by atoms with Gasteiger partial charge in [-0.05, 0) is 81.9 Å². The molecule has 190 valence electrons. The number of hydrogen-bond acceptors (Lipinski definition) is 8. The number of phenolic OH excluding ortho intramolecular Hbond substituents is 1. The number of urea groups is 1. The first-order valence-electron chi connectivity index (χ1n) is 10.3. The maximum Gasteiger partial charge on any atom is 0.337 e. The SMILES string of the molecule is COC(=O)C1=C(C)NC(=O)N[C@@H]1c1ccc(OCC(=O)N/N=C\c2cc(I)cc(I)c2O)c(OC)c1. The molecule has 1 atom stereocenters. The van der Waals surface area contributed by atoms with Crippen molar-refractivity contribution in [3.63, 3.8) is 0 Å². The Morgan fingerprint density at radius 3 is 2.64 bits per heavy atom. The molecule has 36 heavy (non-hydrogen) atoms. The van der Waals surface area contributed by atoms with Crippen LogP contribution in [-0.4, -0.2) is 50.1 Å². The second-order valence-corrected chi connectivity index (χ2v) is 9.79. The first-order valence-corrected chi connectivity index (χ1v) is 12.5. The highest BCUT2D eigenvalue weighted by molar-refractivity contribution is 14.1. The Hall–Kier alpha value is -3.08. The molecular formula is C23H22I2N4O7. The summed E-state index contributed by atoms with van der Waals surface area (Å²) in [5, 5.41) is 19.2. The van der Waals surface area contributed by atoms with Crippen LogP contribution in [0.5, 0.6) is 17.2 Å². The Morgan fingerprint density at radius 1 is 1.19 bits per heavy atom. The summed E-state index contributed by atoms with van der Waals surface area (Å²) >= 11 is 4.12. The number of esters is 1. The van der Waals surface area contributed by atoms with Gasteiger partial charge in [0.05, 0.1) is 35.6 Å². The summed E-state index contributed by atoms with van der Waals surface area (Å²) < 4.78 is 17.4. The Balaban J connectivity index is 1.70. The molecule has 3 rings (SSSR count). The Labute approximate surface area is 233 Å². The molecule has 0 bridgehead atoms. The highest BCUT2D eigenvalue weighted by Crippen LogP contribution is 2.34. The number of benzene rings is 2. The fraction of sp³-hybridized carbons (Fsp3) is 0.217. The minimum atomic E-state index is -0.771. The molecule has 2 aromatic rings. The fourth-order valence-electron chi connectivity index (χ4n) is 3.34. The van der Waals surface area contributed by atoms with Gasteiger partial charge in [-0.25, -0.2) is 15.0 Å². The van der Waals surface area contributed by atoms with Gasteiger partial charge in [-0.1, -0.05) is 6.07 Å². The van der Waals surface area contributed by atoms with Crippen LogP contribution in [0.15, 0.2) is 46.7 Å². The van der Waals surface area contributed by atoms with E-state index < -0.39 is 23.9 Å². The van der Waals surface area contributed by atoms with Crippen molar-refractivity contribution in [2.24, 2.45) is 5.10 Å². The zero-order valence-corrected chi connectivity index (χ0v) is 23.7. The molecular weight excluding hydrogens is 698 g/mol. The van der Waals surface area contributed by atoms with Crippen molar-refractivity contribution >= 4 is 69.3 Å². The van der Waals surface area contributed by atoms with E-state index in [2.05, 4.69) is 43.8 Å². The number of phenols is 1. The summed E-state index contributed by atoms with van der Waals surface area (Å²) in [5.74, 6) is -0.493. The quantitative estimate of drug-likeness (QED) is 0.142. The Morgan fingerprint density at radius 2 is 1.94 bits per heavy atom. The van der Waals surface area contributed by atoms with Crippen molar-refractivity contribution < 1.29 is 33.7 Å². The topological polar surface area (TPSA) is 148 Å². The van der Waals surface area contributed by atoms with Crippen LogP contribution >= 0.6 is 45.2 Å². The van der Waals surface area contributed by atoms with Crippen LogP contribution in [0.4, 0.5) is 4.79 Å². The molecule has 2 aromatic carbocycles. The monoisotopic (exact) mass is 720 g/mol. The largest absolute Gasteiger partial charge is 0.506 e. The molecule has 0 saturated heterocycles. The zero-order chi connectivity index (χ0) is 26.4. The van der Waals surface area contributed by atoms with E-state index in [-0.39, 0.29) is 29.4 Å². The summed E-state index contributed by atoms with van der Waals surface area (Å²) in [6, 6.07) is 7.10. The Bertz CT molecular complexity index is 1260. The molecule has 0 spiro atoms. The number of halogens is 2. The average molecular weight is 720 g/mol. The van der Waals surface area contributed by atoms with Gasteiger partial charge in [-0.2, -0.15) is 5.10 Å². The number of hydrogen-bond donors (Lipinski definition) is 4. The molecule has 11 nitrogen and oxygen atoms in total. The van der Waals surface area contributed by atoms with E-state index in [4.69, 9.17) is 14.2 Å². The first kappa shape index (κ1) is 27.5. The number of hydrazone groups is 1. The fourth-order valence-corrected chi connectivity index (χ4v) is 5.23. The van der Waals surface area contributed by atoms with Crippen molar-refractivity contribution in [3.8, 4) is 17.2 Å². The summed E-state index contributed by atoms with van der Waals surface area (Å²) in [5.41, 5.74) is 3.98. The molecule has 4 N–H and O–H groups in total. The van der Waals surface area contributed by atoms with E-state index in [1.807, 2.05) is 28.7 Å². The van der Waals surface area contributed by atoms with Gasteiger partial charge in [0.25, 0.3) is 5.91 Å². The molecule has 0 unspecified atom stereocenters. The second-order valence-electron chi connectivity index (χ2n) is 7.38. The molecule has 0 radical (unpaired) electrons. The zero-order valence-electron chi connectivity index (χ0n) is 19.3. The number of carbonyl (C=O) groups is 3. The molecule has 0 saturated carbocycles. The van der Waals surface area contributed by atoms with Crippen molar-refractivity contribution in [3.05, 3.63) is 59.9 Å². The number of rotatable bonds is 8. The normalized spacial score (nSPS) is 15.2. The summed E-state index contributed by atoms with van der Waals surface area (Å²) in [7, 11) is 2.68. The number of nitrogens with zero attached hydrogens (tertiary/aromatic N) is 1. The van der Waals surface area contributed by atoms with Gasteiger partial charge in [-0.15, -0.1) is 0 Å². The Kier molecular flexibility index (Phi) is 9.36. The number of aromatic hydroxyl groups is 1. The third-order valence-electron chi connectivity index (χ3n) is 5.00. The van der Waals surface area contributed by atoms with Crippen LogP contribution in [0.3, 0.4) is 0 Å². The molecule has 3 amide bonds. The lowest BCUT2D eigenvalue weighted by Crippen LogP contribution is -2.45. The van der Waals surface area contributed by atoms with Gasteiger partial charge in [0.2, 0.25) is 0 Å². The molecule has 0 aromatic heterocycles. The van der Waals surface area contributed by atoms with Gasteiger partial charge < -0.3 is 30.0 Å². The maximum absolute atomic E-state index is 12.3. The van der Waals surface area contributed by atoms with Crippen molar-refractivity contribution in [1.82, 2.24) is 16.1 Å². The smallest absolute Gasteiger partial charge is 0.337 e. The van der Waals surface area contributed by atoms with E-state index in [1.54, 1.807) is 31.2 Å². The van der Waals surface area contributed by atoms with E-state index in [1.165, 1.54) is 20.4 Å². The van der Waals surface area contributed by atoms with Crippen LogP contribution in [0.25, 0.3) is 0 Å². The molecule has 13 heteroatoms. The van der Waals surface area contributed by atoms with Crippen molar-refractivity contribution in [2.75, 3.05) is 20.8 Å². The molecule has 0 fully saturated rings. The number of nitrogens with one attached hydrogen (secondary N) is 3. The summed E-state index contributed by atoms with van der Waals surface area (Å²) in [6.07, 6.45) is 1.34. The summed E-state index contributed by atoms with van der Waals surface area (Å²) in [6.45, 7) is 1.24. The van der Waals surface area contributed by atoms with Crippen LogP contribution in [0, 0.1) is 7.14 Å². The number of allylic oxidation sites excluding steroid dienone is 1. The van der Waals surface area contributed by atoms with Gasteiger partial charge in [0.1, 0.15) is 5.75 Å². The lowest BCUT2D eigenvalue weighted by atomic mass is 9.95. The van der Waals surface area contributed by atoms with Crippen LogP contribution < -0.4 is 25.5 Å². The predicted octanol–water partition coefficient (Wildman–Crippen LogP) is 2.94. The number of amides is 3. The lowest BCUT2D eigenvalue weighted by molar-refractivity contribution is -0.136. The van der Waals surface area contributed by atoms with Crippen LogP contribution in [0.2, 0.25) is 0 Å². The van der Waals surface area contributed by atoms with E-state index in [0.29, 0.717) is 20.4 Å². The van der Waals surface area contributed by atoms with E-state index in [9.17, 15) is 19.5 Å². The third-order valence-corrected chi connectivity index (χ3v) is 6.45. The maximum atomic E-state index is 12.3. The summed E-state index contributed by atoms with van der Waals surface area (Å²) in [4.78, 5) is 36.5. The number of methoxy groups -OCH3 is 2. The van der Waals surface area contributed by atoms with Gasteiger partial charge in [0, 0.05) is 14.8 Å². The standard InChI is InChI=1S/C23H22I2N4O7/c1-11-19(22(32)35-3)20(28-23(33)27-11)12-4-5-16(17(7-12)34-2)36-10-18(30)29-26-9-13-6-14(24)8-15(25)21(13)31/h4-9,20,31H,10H2,1-3H3,(H,29,30)(H2,27,28,33)/b26-9-/t20-/m1/s1. The molecule has 1 aliphatic heterocycles. The molecule has 1 heterocycles. The van der Waals surface area contributed by atoms with E-state index >= 15 is 0 Å². The van der Waals surface area contributed by atoms with Crippen LogP contribution in [-0.2, 0) is 14.3 Å². The van der Waals surface area contributed by atoms with Crippen LogP contribution in [0.1, 0.15) is 24.1 Å². The minimum Gasteiger partial charge on any atom is -0.506 e. The van der Waals surface area contributed by atoms with Crippen molar-refractivity contribution in [2.45, 2.75) is 13.0 Å². The number of ether oxygens (including phenoxy) is 3. The predicted molar refractivity (Wildman–Crippen MR) is 147 cm³/mol. The van der Waals surface area contributed by atoms with Gasteiger partial charge in [-0.3, -0.25) is 4.79 Å². The first-order chi connectivity index (χ1) is 17.1. The van der Waals surface area contributed by atoms with E-state index in [0.717, 1.165) is 3.57 Å². The van der Waals surface area contributed by atoms with Gasteiger partial charge >= 0.3 is 12.0 Å². The third kappa shape index (κ3) is 6.57. The highest BCUT2D eigenvalue weighted by atomic mass is 127. The molecule has 0 aliphatic carbocycles. The second kappa shape index (κ2) is 12.2. The highest BCUT2D eigenvalue weighted by Gasteiger charge is 2.32. The van der Waals surface area contributed by atoms with Gasteiger partial charge in [0.15, 0.2) is 18.1 Å². The average Bonchev–Trinajstić information content (AvgIpc) is 2.84. The van der Waals surface area contributed by atoms with Crippen molar-refractivity contribution in [1.29, 1.82) is 0 Å². The lowest BCUT2D eigenvalue weighted by Gasteiger charge is -2.28. The minimum absolute atomic E-state index is 0.0698.